The van der Waals surface area contributed by atoms with E-state index in [0.29, 0.717) is 29.0 Å². The predicted octanol–water partition coefficient (Wildman–Crippen LogP) is 3.58. The maximum Gasteiger partial charge on any atom is 0.247 e. The quantitative estimate of drug-likeness (QED) is 0.381. The zero-order chi connectivity index (χ0) is 29.8. The van der Waals surface area contributed by atoms with Crippen molar-refractivity contribution in [3.05, 3.63) is 76.3 Å². The number of hydrogen-bond acceptors (Lipinski definition) is 6. The lowest BCUT2D eigenvalue weighted by atomic mass is 9.76. The van der Waals surface area contributed by atoms with Gasteiger partial charge in [0, 0.05) is 18.6 Å². The molecule has 0 saturated heterocycles. The van der Waals surface area contributed by atoms with Gasteiger partial charge in [-0.2, -0.15) is 0 Å². The monoisotopic (exact) mass is 602 g/mol. The Kier molecular flexibility index (Phi) is 9.60. The van der Waals surface area contributed by atoms with Gasteiger partial charge in [0.2, 0.25) is 21.8 Å². The summed E-state index contributed by atoms with van der Waals surface area (Å²) in [6.07, 6.45) is 4.04. The summed E-state index contributed by atoms with van der Waals surface area (Å²) in [5.74, 6) is -0.906. The van der Waals surface area contributed by atoms with Crippen LogP contribution in [0.4, 0.5) is 0 Å². The minimum absolute atomic E-state index is 0.0557. The van der Waals surface area contributed by atoms with E-state index in [0.717, 1.165) is 24.8 Å². The van der Waals surface area contributed by atoms with Crippen molar-refractivity contribution in [3.63, 3.8) is 0 Å². The van der Waals surface area contributed by atoms with E-state index in [4.69, 9.17) is 22.1 Å². The van der Waals surface area contributed by atoms with Gasteiger partial charge in [0.15, 0.2) is 0 Å². The van der Waals surface area contributed by atoms with Gasteiger partial charge in [-0.3, -0.25) is 9.59 Å². The van der Waals surface area contributed by atoms with Crippen molar-refractivity contribution in [1.82, 2.24) is 14.9 Å². The van der Waals surface area contributed by atoms with Crippen LogP contribution in [0.2, 0.25) is 5.02 Å². The first-order valence-corrected chi connectivity index (χ1v) is 15.7. The molecule has 0 radical (unpaired) electrons. The van der Waals surface area contributed by atoms with E-state index in [1.807, 2.05) is 30.3 Å². The van der Waals surface area contributed by atoms with Crippen LogP contribution < -0.4 is 15.8 Å². The van der Waals surface area contributed by atoms with Crippen molar-refractivity contribution in [3.8, 4) is 0 Å². The fourth-order valence-corrected chi connectivity index (χ4v) is 7.53. The zero-order valence-corrected chi connectivity index (χ0v) is 25.4. The van der Waals surface area contributed by atoms with E-state index in [1.54, 1.807) is 45.2 Å². The van der Waals surface area contributed by atoms with Crippen molar-refractivity contribution >= 4 is 38.3 Å². The Morgan fingerprint density at radius 2 is 1.73 bits per heavy atom. The molecule has 1 aliphatic heterocycles. The number of nitrogens with two attached hydrogens (primary N) is 1. The van der Waals surface area contributed by atoms with Crippen LogP contribution in [-0.2, 0) is 31.0 Å². The highest BCUT2D eigenvalue weighted by atomic mass is 35.5. The number of ether oxygens (including phenoxy) is 1. The maximum atomic E-state index is 13.8. The minimum Gasteiger partial charge on any atom is -0.374 e. The molecule has 2 aliphatic rings. The first-order valence-electron chi connectivity index (χ1n) is 13.8. The van der Waals surface area contributed by atoms with E-state index >= 15 is 0 Å². The summed E-state index contributed by atoms with van der Waals surface area (Å²) in [7, 11) is -2.24. The number of halogens is 1. The Morgan fingerprint density at radius 1 is 1.10 bits per heavy atom. The van der Waals surface area contributed by atoms with Crippen LogP contribution in [0.15, 0.2) is 60.2 Å². The van der Waals surface area contributed by atoms with E-state index < -0.39 is 39.0 Å². The number of sulfonamides is 1. The van der Waals surface area contributed by atoms with Crippen LogP contribution in [0.3, 0.4) is 0 Å². The van der Waals surface area contributed by atoms with Gasteiger partial charge in [0.1, 0.15) is 6.04 Å². The topological polar surface area (TPSA) is 131 Å². The lowest BCUT2D eigenvalue weighted by Gasteiger charge is -2.37. The molecule has 0 bridgehead atoms. The normalized spacial score (nSPS) is 18.8. The number of rotatable bonds is 10. The van der Waals surface area contributed by atoms with Crippen molar-refractivity contribution in [2.75, 3.05) is 20.2 Å². The highest BCUT2D eigenvalue weighted by Crippen LogP contribution is 2.45. The third-order valence-electron chi connectivity index (χ3n) is 7.62. The number of amides is 2. The van der Waals surface area contributed by atoms with Crippen molar-refractivity contribution in [1.29, 1.82) is 0 Å². The summed E-state index contributed by atoms with van der Waals surface area (Å²) in [4.78, 5) is 28.3. The van der Waals surface area contributed by atoms with Crippen LogP contribution in [-0.4, -0.2) is 62.5 Å². The summed E-state index contributed by atoms with van der Waals surface area (Å²) >= 11 is 6.09. The summed E-state index contributed by atoms with van der Waals surface area (Å²) in [5.41, 5.74) is 6.10. The average Bonchev–Trinajstić information content (AvgIpc) is 3.13. The standard InChI is InChI=1S/C30H39ClN4O5S/c1-29(2,32)28(37)33-25(20-40-19-21-10-6-4-7-11-21)27(36)35(3)18-24-26(22-12-14-23(31)15-13-22)41(38,39)34-30(24)16-8-5-9-17-30/h4,6-7,10-15,25,34H,5,8-9,16-20,32H2,1-3H3,(H,33,37)/t25-/m1/s1. The number of nitrogens with one attached hydrogen (secondary N) is 2. The lowest BCUT2D eigenvalue weighted by molar-refractivity contribution is -0.138. The number of hydrogen-bond donors (Lipinski definition) is 3. The second kappa shape index (κ2) is 12.6. The minimum atomic E-state index is -3.85. The molecular formula is C30H39ClN4O5S. The molecule has 2 amide bonds. The molecule has 1 atom stereocenters. The van der Waals surface area contributed by atoms with Crippen molar-refractivity contribution in [2.24, 2.45) is 5.73 Å². The van der Waals surface area contributed by atoms with Crippen molar-refractivity contribution < 1.29 is 22.7 Å². The molecule has 222 valence electrons. The summed E-state index contributed by atoms with van der Waals surface area (Å²) in [5, 5.41) is 3.24. The molecule has 1 heterocycles. The first kappa shape index (κ1) is 31.2. The molecule has 4 rings (SSSR count). The SMILES string of the molecule is CN(CC1=C(c2ccc(Cl)cc2)S(=O)(=O)NC12CCCCC2)C(=O)[C@@H](COCc1ccccc1)NC(=O)C(C)(C)N. The number of carbonyl (C=O) groups is 2. The largest absolute Gasteiger partial charge is 0.374 e. The number of carbonyl (C=O) groups excluding carboxylic acids is 2. The van der Waals surface area contributed by atoms with Gasteiger partial charge in [-0.25, -0.2) is 13.1 Å². The summed E-state index contributed by atoms with van der Waals surface area (Å²) in [6.45, 7) is 3.35. The van der Waals surface area contributed by atoms with E-state index in [-0.39, 0.29) is 24.7 Å². The molecule has 1 spiro atoms. The third kappa shape index (κ3) is 7.37. The summed E-state index contributed by atoms with van der Waals surface area (Å²) < 4.78 is 35.9. The van der Waals surface area contributed by atoms with E-state index in [9.17, 15) is 18.0 Å². The van der Waals surface area contributed by atoms with Crippen LogP contribution in [0.25, 0.3) is 4.91 Å². The average molecular weight is 603 g/mol. The molecule has 2 aromatic carbocycles. The lowest BCUT2D eigenvalue weighted by Crippen LogP contribution is -2.58. The van der Waals surface area contributed by atoms with Crippen LogP contribution >= 0.6 is 11.6 Å². The third-order valence-corrected chi connectivity index (χ3v) is 9.55. The maximum absolute atomic E-state index is 13.8. The van der Waals surface area contributed by atoms with Gasteiger partial charge in [-0.05, 0) is 55.5 Å². The molecule has 1 aliphatic carbocycles. The fourth-order valence-electron chi connectivity index (χ4n) is 5.43. The van der Waals surface area contributed by atoms with E-state index in [2.05, 4.69) is 10.0 Å². The molecule has 2 aromatic rings. The van der Waals surface area contributed by atoms with Gasteiger partial charge in [-0.1, -0.05) is 73.3 Å². The predicted molar refractivity (Wildman–Crippen MR) is 160 cm³/mol. The smallest absolute Gasteiger partial charge is 0.247 e. The Balaban J connectivity index is 1.64. The number of nitrogens with zero attached hydrogens (tertiary/aromatic N) is 1. The van der Waals surface area contributed by atoms with Crippen LogP contribution in [0, 0.1) is 0 Å². The molecule has 1 fully saturated rings. The van der Waals surface area contributed by atoms with E-state index in [1.165, 1.54) is 4.90 Å². The van der Waals surface area contributed by atoms with Crippen molar-refractivity contribution in [2.45, 2.75) is 69.7 Å². The molecule has 1 saturated carbocycles. The number of benzene rings is 2. The molecule has 0 unspecified atom stereocenters. The Morgan fingerprint density at radius 3 is 2.34 bits per heavy atom. The van der Waals surface area contributed by atoms with Gasteiger partial charge in [-0.15, -0.1) is 0 Å². The highest BCUT2D eigenvalue weighted by molar-refractivity contribution is 7.99. The van der Waals surface area contributed by atoms with Gasteiger partial charge >= 0.3 is 0 Å². The first-order chi connectivity index (χ1) is 19.3. The van der Waals surface area contributed by atoms with Gasteiger partial charge in [0.25, 0.3) is 0 Å². The molecule has 9 nitrogen and oxygen atoms in total. The van der Waals surface area contributed by atoms with Crippen LogP contribution in [0.5, 0.6) is 0 Å². The second-order valence-corrected chi connectivity index (χ2v) is 13.6. The molecule has 11 heteroatoms. The Labute approximate surface area is 247 Å². The highest BCUT2D eigenvalue weighted by Gasteiger charge is 2.49. The Hall–Kier alpha value is -2.76. The van der Waals surface area contributed by atoms with Crippen LogP contribution in [0.1, 0.15) is 57.1 Å². The molecule has 0 aromatic heterocycles. The molecule has 4 N–H and O–H groups in total. The Bertz CT molecular complexity index is 1380. The molecular weight excluding hydrogens is 564 g/mol. The summed E-state index contributed by atoms with van der Waals surface area (Å²) in [6, 6.07) is 15.2. The van der Waals surface area contributed by atoms with Gasteiger partial charge in [0.05, 0.1) is 29.2 Å². The zero-order valence-electron chi connectivity index (χ0n) is 23.8. The number of likely N-dealkylation sites (N-methyl/N-ethyl adjacent to an activating group) is 1. The fraction of sp³-hybridized carbons (Fsp3) is 0.467. The second-order valence-electron chi connectivity index (χ2n) is 11.5. The molecule has 41 heavy (non-hydrogen) atoms. The van der Waals surface area contributed by atoms with Gasteiger partial charge < -0.3 is 20.7 Å².